The van der Waals surface area contributed by atoms with Gasteiger partial charge in [0.1, 0.15) is 17.8 Å². The first-order valence-corrected chi connectivity index (χ1v) is 15.4. The van der Waals surface area contributed by atoms with Crippen LogP contribution >= 0.6 is 45.2 Å². The predicted octanol–water partition coefficient (Wildman–Crippen LogP) is 6.92. The van der Waals surface area contributed by atoms with E-state index >= 15 is 0 Å². The zero-order valence-corrected chi connectivity index (χ0v) is 23.8. The Balaban J connectivity index is 1.88. The summed E-state index contributed by atoms with van der Waals surface area (Å²) in [6, 6.07) is 10.1. The van der Waals surface area contributed by atoms with Gasteiger partial charge in [-0.1, -0.05) is 63.3 Å². The molecule has 0 amide bonds. The van der Waals surface area contributed by atoms with Gasteiger partial charge in [0, 0.05) is 5.56 Å². The fourth-order valence-corrected chi connectivity index (χ4v) is 5.30. The van der Waals surface area contributed by atoms with Gasteiger partial charge in [-0.05, 0) is 76.3 Å². The van der Waals surface area contributed by atoms with E-state index in [0.717, 1.165) is 7.15 Å². The number of rotatable bonds is 4. The lowest BCUT2D eigenvalue weighted by Crippen LogP contribution is -2.53. The first-order chi connectivity index (χ1) is 13.9. The summed E-state index contributed by atoms with van der Waals surface area (Å²) in [6.45, 7) is 13.9. The van der Waals surface area contributed by atoms with E-state index in [1.807, 2.05) is 30.3 Å². The van der Waals surface area contributed by atoms with Gasteiger partial charge in [0.25, 0.3) is 0 Å². The monoisotopic (exact) mass is 654 g/mol. The highest BCUT2D eigenvalue weighted by Crippen LogP contribution is 2.41. The van der Waals surface area contributed by atoms with Gasteiger partial charge in [-0.15, -0.1) is 0 Å². The van der Waals surface area contributed by atoms with E-state index in [-0.39, 0.29) is 23.4 Å². The molecule has 4 nitrogen and oxygen atoms in total. The van der Waals surface area contributed by atoms with Crippen molar-refractivity contribution in [2.45, 2.75) is 76.0 Å². The molecule has 1 aromatic rings. The molecule has 7 heteroatoms. The van der Waals surface area contributed by atoms with Crippen molar-refractivity contribution in [3.8, 4) is 0 Å². The van der Waals surface area contributed by atoms with E-state index in [4.69, 9.17) is 18.6 Å². The van der Waals surface area contributed by atoms with Crippen LogP contribution in [0.15, 0.2) is 50.1 Å². The SMILES string of the molecule is CC(C)(C)[Si](C)(C)O[C@H]1C=C[C@H]2O[C@@H](c3ccccc3)OC[C@]2(C)O[C@@H]1C=C(I)I. The van der Waals surface area contributed by atoms with Crippen molar-refractivity contribution in [1.82, 2.24) is 0 Å². The Hall–Kier alpha value is 0.217. The molecule has 1 fully saturated rings. The molecule has 2 heterocycles. The van der Waals surface area contributed by atoms with Gasteiger partial charge in [0.2, 0.25) is 0 Å². The highest BCUT2D eigenvalue weighted by atomic mass is 127. The molecule has 0 aliphatic carbocycles. The second-order valence-electron chi connectivity index (χ2n) is 9.69. The van der Waals surface area contributed by atoms with Crippen molar-refractivity contribution in [2.75, 3.05) is 6.61 Å². The van der Waals surface area contributed by atoms with Crippen LogP contribution in [0.2, 0.25) is 18.1 Å². The number of hydrogen-bond acceptors (Lipinski definition) is 4. The molecule has 1 aromatic carbocycles. The Morgan fingerprint density at radius 2 is 1.83 bits per heavy atom. The molecule has 3 rings (SSSR count). The zero-order chi connectivity index (χ0) is 22.2. The third kappa shape index (κ3) is 5.76. The van der Waals surface area contributed by atoms with Crippen molar-refractivity contribution in [3.63, 3.8) is 0 Å². The first-order valence-electron chi connectivity index (χ1n) is 10.3. The van der Waals surface area contributed by atoms with E-state index in [9.17, 15) is 0 Å². The summed E-state index contributed by atoms with van der Waals surface area (Å²) in [4.78, 5) is 0. The van der Waals surface area contributed by atoms with Gasteiger partial charge in [-0.25, -0.2) is 0 Å². The van der Waals surface area contributed by atoms with E-state index in [2.05, 4.69) is 104 Å². The molecule has 0 saturated carbocycles. The Morgan fingerprint density at radius 1 is 1.17 bits per heavy atom. The van der Waals surface area contributed by atoms with Crippen molar-refractivity contribution in [1.29, 1.82) is 0 Å². The summed E-state index contributed by atoms with van der Waals surface area (Å²) in [7, 11) is -1.98. The number of hydrogen-bond donors (Lipinski definition) is 0. The maximum atomic E-state index is 6.78. The quantitative estimate of drug-likeness (QED) is 0.201. The van der Waals surface area contributed by atoms with Crippen LogP contribution in [-0.2, 0) is 18.6 Å². The van der Waals surface area contributed by atoms with Gasteiger partial charge >= 0.3 is 0 Å². The largest absolute Gasteiger partial charge is 0.408 e. The van der Waals surface area contributed by atoms with Crippen molar-refractivity contribution in [2.24, 2.45) is 0 Å². The summed E-state index contributed by atoms with van der Waals surface area (Å²) in [5.74, 6) is 0. The molecule has 2 aliphatic heterocycles. The Kier molecular flexibility index (Phi) is 7.96. The first kappa shape index (κ1) is 24.9. The molecule has 0 radical (unpaired) electrons. The minimum Gasteiger partial charge on any atom is -0.408 e. The fraction of sp³-hybridized carbons (Fsp3) is 0.565. The van der Waals surface area contributed by atoms with Crippen LogP contribution in [0.3, 0.4) is 0 Å². The Labute approximate surface area is 209 Å². The molecule has 0 bridgehead atoms. The van der Waals surface area contributed by atoms with Crippen LogP contribution in [0, 0.1) is 0 Å². The normalized spacial score (nSPS) is 32.3. The van der Waals surface area contributed by atoms with Crippen molar-refractivity contribution >= 4 is 53.5 Å². The topological polar surface area (TPSA) is 36.9 Å². The van der Waals surface area contributed by atoms with Crippen LogP contribution in [0.1, 0.15) is 39.5 Å². The van der Waals surface area contributed by atoms with E-state index < -0.39 is 20.2 Å². The smallest absolute Gasteiger partial charge is 0.193 e. The second kappa shape index (κ2) is 9.60. The van der Waals surface area contributed by atoms with Crippen LogP contribution in [0.4, 0.5) is 0 Å². The van der Waals surface area contributed by atoms with E-state index in [0.29, 0.717) is 6.61 Å². The average Bonchev–Trinajstić information content (AvgIpc) is 2.77. The van der Waals surface area contributed by atoms with Crippen LogP contribution in [-0.4, -0.2) is 38.8 Å². The molecule has 0 aromatic heterocycles. The number of fused-ring (bicyclic) bond motifs is 1. The summed E-state index contributed by atoms with van der Waals surface area (Å²) >= 11 is 4.64. The fourth-order valence-electron chi connectivity index (χ4n) is 3.35. The molecule has 166 valence electrons. The maximum absolute atomic E-state index is 6.78. The minimum atomic E-state index is -1.98. The lowest BCUT2D eigenvalue weighted by atomic mass is 9.98. The van der Waals surface area contributed by atoms with E-state index in [1.165, 1.54) is 0 Å². The average molecular weight is 654 g/mol. The Bertz CT molecular complexity index is 786. The predicted molar refractivity (Wildman–Crippen MR) is 141 cm³/mol. The molecule has 0 N–H and O–H groups in total. The van der Waals surface area contributed by atoms with Crippen LogP contribution in [0.25, 0.3) is 0 Å². The lowest BCUT2D eigenvalue weighted by Gasteiger charge is -2.44. The minimum absolute atomic E-state index is 0.119. The van der Waals surface area contributed by atoms with Crippen LogP contribution in [0.5, 0.6) is 0 Å². The molecule has 1 saturated heterocycles. The summed E-state index contributed by atoms with van der Waals surface area (Å²) in [5, 5.41) is 0.119. The van der Waals surface area contributed by atoms with Gasteiger partial charge in [-0.3, -0.25) is 0 Å². The van der Waals surface area contributed by atoms with Gasteiger partial charge in [0.15, 0.2) is 14.6 Å². The Morgan fingerprint density at radius 3 is 2.43 bits per heavy atom. The zero-order valence-electron chi connectivity index (χ0n) is 18.5. The third-order valence-corrected chi connectivity index (χ3v) is 11.4. The third-order valence-electron chi connectivity index (χ3n) is 6.20. The molecule has 5 atom stereocenters. The number of benzene rings is 1. The van der Waals surface area contributed by atoms with Gasteiger partial charge < -0.3 is 18.6 Å². The van der Waals surface area contributed by atoms with Crippen molar-refractivity contribution < 1.29 is 18.6 Å². The molecular weight excluding hydrogens is 622 g/mol. The molecular formula is C23H32I2O4Si. The highest BCUT2D eigenvalue weighted by Gasteiger charge is 2.48. The summed E-state index contributed by atoms with van der Waals surface area (Å²) in [6.07, 6.45) is 5.42. The van der Waals surface area contributed by atoms with Gasteiger partial charge in [-0.2, -0.15) is 0 Å². The van der Waals surface area contributed by atoms with Crippen LogP contribution < -0.4 is 0 Å². The molecule has 30 heavy (non-hydrogen) atoms. The van der Waals surface area contributed by atoms with Crippen molar-refractivity contribution in [3.05, 3.63) is 55.7 Å². The highest BCUT2D eigenvalue weighted by molar-refractivity contribution is 14.2. The standard InChI is InChI=1S/C23H32I2O4Si/c1-22(2,3)30(5,6)29-17-12-13-19-23(4,28-18(17)14-20(24)25)15-26-21(27-19)16-10-8-7-9-11-16/h7-14,17-19,21H,15H2,1-6H3/t17-,18+,19+,21-,23-/m0/s1. The maximum Gasteiger partial charge on any atom is 0.193 e. The summed E-state index contributed by atoms with van der Waals surface area (Å²) in [5.41, 5.74) is 0.432. The molecule has 2 aliphatic rings. The summed E-state index contributed by atoms with van der Waals surface area (Å²) < 4.78 is 27.0. The number of halogens is 2. The lowest BCUT2D eigenvalue weighted by molar-refractivity contribution is -0.293. The molecule has 0 spiro atoms. The van der Waals surface area contributed by atoms with E-state index in [1.54, 1.807) is 0 Å². The molecule has 0 unspecified atom stereocenters. The number of ether oxygens (including phenoxy) is 3. The second-order valence-corrected chi connectivity index (χ2v) is 18.8. The van der Waals surface area contributed by atoms with Gasteiger partial charge in [0.05, 0.1) is 14.3 Å².